The maximum atomic E-state index is 11.2. The van der Waals surface area contributed by atoms with Crippen LogP contribution in [0.25, 0.3) is 5.57 Å². The lowest BCUT2D eigenvalue weighted by Crippen LogP contribution is -2.01. The quantitative estimate of drug-likeness (QED) is 0.771. The first kappa shape index (κ1) is 12.7. The van der Waals surface area contributed by atoms with Crippen molar-refractivity contribution in [2.75, 3.05) is 6.61 Å². The van der Waals surface area contributed by atoms with Gasteiger partial charge in [-0.15, -0.1) is 0 Å². The third-order valence-electron chi connectivity index (χ3n) is 2.62. The van der Waals surface area contributed by atoms with Gasteiger partial charge in [0.25, 0.3) is 0 Å². The molecule has 0 aliphatic rings. The lowest BCUT2D eigenvalue weighted by atomic mass is 9.95. The molecule has 0 radical (unpaired) electrons. The van der Waals surface area contributed by atoms with Crippen LogP contribution in [0.5, 0.6) is 0 Å². The Morgan fingerprint density at radius 1 is 1.31 bits per heavy atom. The van der Waals surface area contributed by atoms with E-state index in [9.17, 15) is 4.79 Å². The van der Waals surface area contributed by atoms with Crippen LogP contribution in [0.4, 0.5) is 0 Å². The van der Waals surface area contributed by atoms with Crippen molar-refractivity contribution in [1.29, 1.82) is 0 Å². The Kier molecular flexibility index (Phi) is 4.93. The molecule has 1 N–H and O–H groups in total. The van der Waals surface area contributed by atoms with Crippen LogP contribution in [0, 0.1) is 0 Å². The summed E-state index contributed by atoms with van der Waals surface area (Å²) in [4.78, 5) is 11.2. The largest absolute Gasteiger partial charge is 0.388 e. The molecule has 2 nitrogen and oxygen atoms in total. The van der Waals surface area contributed by atoms with Gasteiger partial charge >= 0.3 is 0 Å². The molecule has 0 bridgehead atoms. The molecule has 0 amide bonds. The summed E-state index contributed by atoms with van der Waals surface area (Å²) >= 11 is 0. The highest BCUT2D eigenvalue weighted by Crippen LogP contribution is 2.22. The molecule has 0 aliphatic heterocycles. The molecule has 16 heavy (non-hydrogen) atoms. The van der Waals surface area contributed by atoms with E-state index < -0.39 is 6.61 Å². The summed E-state index contributed by atoms with van der Waals surface area (Å²) in [7, 11) is 0. The summed E-state index contributed by atoms with van der Waals surface area (Å²) in [5.41, 5.74) is 3.35. The maximum Gasteiger partial charge on any atom is 0.181 e. The number of benzene rings is 1. The number of hydrogen-bond donors (Lipinski definition) is 1. The lowest BCUT2D eigenvalue weighted by molar-refractivity contribution is -0.117. The van der Waals surface area contributed by atoms with Crippen LogP contribution in [-0.2, 0) is 11.2 Å². The summed E-state index contributed by atoms with van der Waals surface area (Å²) in [5, 5.41) is 8.76. The standard InChI is InChI=1S/C14H18O2/c1-3-11-7-5-6-8-14(11)12(4-2)9-13(16)10-15/h5-9,15H,3-4,10H2,1-2H3. The van der Waals surface area contributed by atoms with Gasteiger partial charge in [0, 0.05) is 0 Å². The Balaban J connectivity index is 3.13. The van der Waals surface area contributed by atoms with Crippen molar-refractivity contribution in [2.24, 2.45) is 0 Å². The van der Waals surface area contributed by atoms with Gasteiger partial charge in [-0.05, 0) is 35.6 Å². The van der Waals surface area contributed by atoms with Crippen molar-refractivity contribution in [3.05, 3.63) is 41.5 Å². The van der Waals surface area contributed by atoms with Gasteiger partial charge in [-0.25, -0.2) is 0 Å². The molecule has 0 spiro atoms. The average molecular weight is 218 g/mol. The topological polar surface area (TPSA) is 37.3 Å². The SMILES string of the molecule is CCC(=CC(=O)CO)c1ccccc1CC. The lowest BCUT2D eigenvalue weighted by Gasteiger charge is -2.09. The molecule has 0 unspecified atom stereocenters. The zero-order valence-corrected chi connectivity index (χ0v) is 9.86. The molecule has 0 fully saturated rings. The van der Waals surface area contributed by atoms with Gasteiger partial charge < -0.3 is 5.11 Å². The molecule has 0 aliphatic carbocycles. The Morgan fingerprint density at radius 3 is 2.56 bits per heavy atom. The van der Waals surface area contributed by atoms with E-state index in [1.165, 1.54) is 5.56 Å². The van der Waals surface area contributed by atoms with Crippen LogP contribution in [0.2, 0.25) is 0 Å². The number of ketones is 1. The van der Waals surface area contributed by atoms with Crippen LogP contribution >= 0.6 is 0 Å². The van der Waals surface area contributed by atoms with Gasteiger partial charge in [0.1, 0.15) is 6.61 Å². The highest BCUT2D eigenvalue weighted by Gasteiger charge is 2.06. The fraction of sp³-hybridized carbons (Fsp3) is 0.357. The molecule has 0 aromatic heterocycles. The Labute approximate surface area is 96.6 Å². The number of rotatable bonds is 5. The third-order valence-corrected chi connectivity index (χ3v) is 2.62. The third kappa shape index (κ3) is 3.04. The molecule has 2 heteroatoms. The van der Waals surface area contributed by atoms with E-state index in [4.69, 9.17) is 5.11 Å². The number of allylic oxidation sites excluding steroid dienone is 1. The molecular weight excluding hydrogens is 200 g/mol. The predicted molar refractivity (Wildman–Crippen MR) is 66.2 cm³/mol. The van der Waals surface area contributed by atoms with Gasteiger partial charge in [0.05, 0.1) is 0 Å². The fourth-order valence-electron chi connectivity index (χ4n) is 1.75. The van der Waals surface area contributed by atoms with Crippen molar-refractivity contribution >= 4 is 11.4 Å². The van der Waals surface area contributed by atoms with Gasteiger partial charge in [-0.2, -0.15) is 0 Å². The molecule has 1 aromatic rings. The highest BCUT2D eigenvalue weighted by molar-refractivity contribution is 5.97. The minimum atomic E-state index is -0.419. The fourth-order valence-corrected chi connectivity index (χ4v) is 1.75. The molecule has 0 saturated heterocycles. The predicted octanol–water partition coefficient (Wildman–Crippen LogP) is 2.60. The molecule has 1 aromatic carbocycles. The number of aliphatic hydroxyl groups is 1. The van der Waals surface area contributed by atoms with Crippen molar-refractivity contribution in [3.8, 4) is 0 Å². The normalized spacial score (nSPS) is 11.6. The van der Waals surface area contributed by atoms with Gasteiger partial charge in [0.2, 0.25) is 0 Å². The van der Waals surface area contributed by atoms with Crippen LogP contribution in [-0.4, -0.2) is 17.5 Å². The minimum absolute atomic E-state index is 0.234. The molecule has 86 valence electrons. The number of carbonyl (C=O) groups is 1. The van der Waals surface area contributed by atoms with Crippen molar-refractivity contribution < 1.29 is 9.90 Å². The molecule has 1 rings (SSSR count). The van der Waals surface area contributed by atoms with Crippen molar-refractivity contribution in [1.82, 2.24) is 0 Å². The van der Waals surface area contributed by atoms with Crippen molar-refractivity contribution in [2.45, 2.75) is 26.7 Å². The Bertz CT molecular complexity index is 391. The van der Waals surface area contributed by atoms with E-state index >= 15 is 0 Å². The van der Waals surface area contributed by atoms with E-state index in [0.717, 1.165) is 24.0 Å². The van der Waals surface area contributed by atoms with Crippen LogP contribution < -0.4 is 0 Å². The van der Waals surface area contributed by atoms with E-state index in [-0.39, 0.29) is 5.78 Å². The summed E-state index contributed by atoms with van der Waals surface area (Å²) < 4.78 is 0. The Hall–Kier alpha value is -1.41. The molecular formula is C14H18O2. The second-order valence-electron chi connectivity index (χ2n) is 3.66. The van der Waals surface area contributed by atoms with Crippen LogP contribution in [0.15, 0.2) is 30.3 Å². The van der Waals surface area contributed by atoms with Crippen LogP contribution in [0.3, 0.4) is 0 Å². The number of aryl methyl sites for hydroxylation is 1. The zero-order valence-electron chi connectivity index (χ0n) is 9.86. The summed E-state index contributed by atoms with van der Waals surface area (Å²) in [6.45, 7) is 3.70. The molecule has 0 heterocycles. The monoisotopic (exact) mass is 218 g/mol. The molecule has 0 saturated carbocycles. The number of hydrogen-bond acceptors (Lipinski definition) is 2. The first-order valence-corrected chi connectivity index (χ1v) is 5.65. The zero-order chi connectivity index (χ0) is 12.0. The van der Waals surface area contributed by atoms with E-state index in [2.05, 4.69) is 13.0 Å². The average Bonchev–Trinajstić information content (AvgIpc) is 2.35. The van der Waals surface area contributed by atoms with Crippen LogP contribution in [0.1, 0.15) is 31.4 Å². The first-order chi connectivity index (χ1) is 7.72. The van der Waals surface area contributed by atoms with Gasteiger partial charge in [0.15, 0.2) is 5.78 Å². The van der Waals surface area contributed by atoms with Crippen molar-refractivity contribution in [3.63, 3.8) is 0 Å². The first-order valence-electron chi connectivity index (χ1n) is 5.65. The summed E-state index contributed by atoms with van der Waals surface area (Å²) in [6.07, 6.45) is 3.29. The molecule has 0 atom stereocenters. The second-order valence-corrected chi connectivity index (χ2v) is 3.66. The van der Waals surface area contributed by atoms with E-state index in [1.54, 1.807) is 6.08 Å². The smallest absolute Gasteiger partial charge is 0.181 e. The van der Waals surface area contributed by atoms with Gasteiger partial charge in [-0.1, -0.05) is 38.1 Å². The number of carbonyl (C=O) groups excluding carboxylic acids is 1. The van der Waals surface area contributed by atoms with Gasteiger partial charge in [-0.3, -0.25) is 4.79 Å². The summed E-state index contributed by atoms with van der Waals surface area (Å²) in [6, 6.07) is 8.08. The Morgan fingerprint density at radius 2 is 2.00 bits per heavy atom. The number of aliphatic hydroxyl groups excluding tert-OH is 1. The minimum Gasteiger partial charge on any atom is -0.388 e. The van der Waals surface area contributed by atoms with E-state index in [1.807, 2.05) is 25.1 Å². The maximum absolute atomic E-state index is 11.2. The second kappa shape index (κ2) is 6.23. The summed E-state index contributed by atoms with van der Waals surface area (Å²) in [5.74, 6) is -0.234. The van der Waals surface area contributed by atoms with E-state index in [0.29, 0.717) is 0 Å². The highest BCUT2D eigenvalue weighted by atomic mass is 16.3.